The monoisotopic (exact) mass is 172 g/mol. The smallest absolute Gasteiger partial charge is 0.0957 e. The number of nitriles is 2. The first kappa shape index (κ1) is 8.32. The highest BCUT2D eigenvalue weighted by Crippen LogP contribution is 2.43. The maximum absolute atomic E-state index is 8.85. The quantitative estimate of drug-likeness (QED) is 0.563. The van der Waals surface area contributed by atoms with E-state index in [-0.39, 0.29) is 0 Å². The molecule has 2 rings (SSSR count). The van der Waals surface area contributed by atoms with Gasteiger partial charge in [-0.1, -0.05) is 6.42 Å². The highest BCUT2D eigenvalue weighted by molar-refractivity contribution is 5.39. The van der Waals surface area contributed by atoms with Crippen molar-refractivity contribution in [3.63, 3.8) is 0 Å². The summed E-state index contributed by atoms with van der Waals surface area (Å²) in [5.74, 6) is 1.40. The SMILES string of the molecule is N#CC1=C(C#N)CC2CCCC2C1. The summed E-state index contributed by atoms with van der Waals surface area (Å²) in [4.78, 5) is 0. The average Bonchev–Trinajstić information content (AvgIpc) is 2.62. The molecule has 0 heterocycles. The van der Waals surface area contributed by atoms with Gasteiger partial charge in [-0.05, 0) is 37.5 Å². The van der Waals surface area contributed by atoms with E-state index in [1.54, 1.807) is 0 Å². The van der Waals surface area contributed by atoms with E-state index in [0.717, 1.165) is 24.0 Å². The molecule has 2 nitrogen and oxygen atoms in total. The van der Waals surface area contributed by atoms with Crippen LogP contribution >= 0.6 is 0 Å². The van der Waals surface area contributed by atoms with Crippen LogP contribution in [0, 0.1) is 34.5 Å². The van der Waals surface area contributed by atoms with E-state index >= 15 is 0 Å². The Morgan fingerprint density at radius 1 is 0.923 bits per heavy atom. The van der Waals surface area contributed by atoms with Crippen LogP contribution < -0.4 is 0 Å². The summed E-state index contributed by atoms with van der Waals surface area (Å²) in [7, 11) is 0. The number of rotatable bonds is 0. The van der Waals surface area contributed by atoms with Crippen molar-refractivity contribution in [1.29, 1.82) is 10.5 Å². The van der Waals surface area contributed by atoms with E-state index in [0.29, 0.717) is 11.8 Å². The Morgan fingerprint density at radius 3 is 1.77 bits per heavy atom. The molecule has 2 unspecified atom stereocenters. The Labute approximate surface area is 78.5 Å². The van der Waals surface area contributed by atoms with Gasteiger partial charge in [0.2, 0.25) is 0 Å². The first-order valence-corrected chi connectivity index (χ1v) is 4.87. The Morgan fingerprint density at radius 2 is 1.38 bits per heavy atom. The molecule has 1 saturated carbocycles. The second kappa shape index (κ2) is 3.23. The van der Waals surface area contributed by atoms with Gasteiger partial charge in [0.1, 0.15) is 0 Å². The van der Waals surface area contributed by atoms with Crippen molar-refractivity contribution in [2.24, 2.45) is 11.8 Å². The molecule has 0 saturated heterocycles. The van der Waals surface area contributed by atoms with Crippen molar-refractivity contribution in [3.8, 4) is 12.1 Å². The number of fused-ring (bicyclic) bond motifs is 1. The fourth-order valence-corrected chi connectivity index (χ4v) is 2.65. The molecule has 66 valence electrons. The normalized spacial score (nSPS) is 32.2. The summed E-state index contributed by atoms with van der Waals surface area (Å²) < 4.78 is 0. The lowest BCUT2D eigenvalue weighted by molar-refractivity contribution is 0.367. The van der Waals surface area contributed by atoms with Crippen molar-refractivity contribution in [3.05, 3.63) is 11.1 Å². The molecular formula is C11H12N2. The van der Waals surface area contributed by atoms with E-state index in [4.69, 9.17) is 10.5 Å². The highest BCUT2D eigenvalue weighted by Gasteiger charge is 2.33. The van der Waals surface area contributed by atoms with Crippen LogP contribution in [0.3, 0.4) is 0 Å². The molecule has 2 aliphatic carbocycles. The lowest BCUT2D eigenvalue weighted by atomic mass is 9.78. The van der Waals surface area contributed by atoms with Gasteiger partial charge in [0.05, 0.1) is 12.1 Å². The van der Waals surface area contributed by atoms with Crippen LogP contribution in [0.5, 0.6) is 0 Å². The molecule has 13 heavy (non-hydrogen) atoms. The Kier molecular flexibility index (Phi) is 2.07. The summed E-state index contributed by atoms with van der Waals surface area (Å²) in [6.45, 7) is 0. The molecule has 1 fully saturated rings. The van der Waals surface area contributed by atoms with Gasteiger partial charge in [-0.3, -0.25) is 0 Å². The van der Waals surface area contributed by atoms with E-state index in [9.17, 15) is 0 Å². The molecule has 0 radical (unpaired) electrons. The van der Waals surface area contributed by atoms with E-state index in [1.807, 2.05) is 0 Å². The third kappa shape index (κ3) is 1.33. The largest absolute Gasteiger partial charge is 0.193 e. The molecule has 0 amide bonds. The molecule has 0 aromatic heterocycles. The standard InChI is InChI=1S/C11H12N2/c12-6-10-4-8-2-1-3-9(8)5-11(10)7-13/h8-9H,1-5H2. The summed E-state index contributed by atoms with van der Waals surface area (Å²) >= 11 is 0. The molecule has 0 spiro atoms. The number of hydrogen-bond acceptors (Lipinski definition) is 2. The minimum absolute atomic E-state index is 0.701. The van der Waals surface area contributed by atoms with E-state index in [1.165, 1.54) is 19.3 Å². The molecule has 0 aromatic carbocycles. The summed E-state index contributed by atoms with van der Waals surface area (Å²) in [6.07, 6.45) is 5.53. The van der Waals surface area contributed by atoms with Gasteiger partial charge in [-0.15, -0.1) is 0 Å². The van der Waals surface area contributed by atoms with Crippen molar-refractivity contribution in [2.45, 2.75) is 32.1 Å². The van der Waals surface area contributed by atoms with Crippen molar-refractivity contribution >= 4 is 0 Å². The van der Waals surface area contributed by atoms with Gasteiger partial charge in [0.25, 0.3) is 0 Å². The van der Waals surface area contributed by atoms with Gasteiger partial charge < -0.3 is 0 Å². The fourth-order valence-electron chi connectivity index (χ4n) is 2.65. The third-order valence-electron chi connectivity index (χ3n) is 3.38. The van der Waals surface area contributed by atoms with E-state index in [2.05, 4.69) is 12.1 Å². The lowest BCUT2D eigenvalue weighted by Gasteiger charge is -2.24. The molecular weight excluding hydrogens is 160 g/mol. The Bertz CT molecular complexity index is 295. The van der Waals surface area contributed by atoms with Crippen LogP contribution in [0.15, 0.2) is 11.1 Å². The van der Waals surface area contributed by atoms with Crippen LogP contribution in [0.1, 0.15) is 32.1 Å². The predicted octanol–water partition coefficient (Wildman–Crippen LogP) is 2.54. The fraction of sp³-hybridized carbons (Fsp3) is 0.636. The molecule has 2 heteroatoms. The lowest BCUT2D eigenvalue weighted by Crippen LogP contribution is -2.15. The summed E-state index contributed by atoms with van der Waals surface area (Å²) in [5, 5.41) is 17.7. The zero-order chi connectivity index (χ0) is 9.26. The zero-order valence-electron chi connectivity index (χ0n) is 7.58. The molecule has 0 N–H and O–H groups in total. The summed E-state index contributed by atoms with van der Waals surface area (Å²) in [5.41, 5.74) is 1.51. The number of nitrogens with zero attached hydrogens (tertiary/aromatic N) is 2. The second-order valence-corrected chi connectivity index (χ2v) is 4.04. The van der Waals surface area contributed by atoms with Crippen LogP contribution in [0.4, 0.5) is 0 Å². The van der Waals surface area contributed by atoms with Crippen molar-refractivity contribution in [2.75, 3.05) is 0 Å². The first-order valence-electron chi connectivity index (χ1n) is 4.87. The molecule has 0 aliphatic heterocycles. The Hall–Kier alpha value is -1.28. The minimum Gasteiger partial charge on any atom is -0.193 e. The maximum atomic E-state index is 8.85. The second-order valence-electron chi connectivity index (χ2n) is 4.04. The Balaban J connectivity index is 2.26. The van der Waals surface area contributed by atoms with Gasteiger partial charge in [-0.2, -0.15) is 10.5 Å². The van der Waals surface area contributed by atoms with Crippen molar-refractivity contribution in [1.82, 2.24) is 0 Å². The van der Waals surface area contributed by atoms with Gasteiger partial charge in [0, 0.05) is 11.1 Å². The number of hydrogen-bond donors (Lipinski definition) is 0. The number of allylic oxidation sites excluding steroid dienone is 2. The van der Waals surface area contributed by atoms with Gasteiger partial charge in [0.15, 0.2) is 0 Å². The molecule has 2 aliphatic rings. The maximum Gasteiger partial charge on any atom is 0.0957 e. The average molecular weight is 172 g/mol. The third-order valence-corrected chi connectivity index (χ3v) is 3.38. The molecule has 0 bridgehead atoms. The highest BCUT2D eigenvalue weighted by atomic mass is 14.4. The van der Waals surface area contributed by atoms with Crippen LogP contribution in [0.25, 0.3) is 0 Å². The van der Waals surface area contributed by atoms with E-state index < -0.39 is 0 Å². The zero-order valence-corrected chi connectivity index (χ0v) is 7.58. The predicted molar refractivity (Wildman–Crippen MR) is 48.3 cm³/mol. The molecule has 0 aromatic rings. The first-order chi connectivity index (χ1) is 6.35. The van der Waals surface area contributed by atoms with Crippen molar-refractivity contribution < 1.29 is 0 Å². The van der Waals surface area contributed by atoms with Crippen LogP contribution in [0.2, 0.25) is 0 Å². The summed E-state index contributed by atoms with van der Waals surface area (Å²) in [6, 6.07) is 4.35. The van der Waals surface area contributed by atoms with Crippen LogP contribution in [-0.4, -0.2) is 0 Å². The van der Waals surface area contributed by atoms with Gasteiger partial charge >= 0.3 is 0 Å². The van der Waals surface area contributed by atoms with Gasteiger partial charge in [-0.25, -0.2) is 0 Å². The molecule has 2 atom stereocenters. The topological polar surface area (TPSA) is 47.6 Å². The minimum atomic E-state index is 0.701. The van der Waals surface area contributed by atoms with Crippen LogP contribution in [-0.2, 0) is 0 Å².